The summed E-state index contributed by atoms with van der Waals surface area (Å²) >= 11 is 0. The molecule has 1 amide bonds. The molecule has 0 heterocycles. The number of carbonyl (C=O) groups is 1. The van der Waals surface area contributed by atoms with Gasteiger partial charge in [0.15, 0.2) is 0 Å². The Balaban J connectivity index is 2.72. The molecule has 1 unspecified atom stereocenters. The predicted molar refractivity (Wildman–Crippen MR) is 75.1 cm³/mol. The number of hydrogen-bond donors (Lipinski definition) is 1. The van der Waals surface area contributed by atoms with Gasteiger partial charge in [-0.25, -0.2) is 0 Å². The molecule has 0 saturated carbocycles. The van der Waals surface area contributed by atoms with Crippen molar-refractivity contribution in [1.29, 1.82) is 0 Å². The van der Waals surface area contributed by atoms with E-state index in [0.717, 1.165) is 18.5 Å². The first-order valence-corrected chi connectivity index (χ1v) is 6.69. The summed E-state index contributed by atoms with van der Waals surface area (Å²) in [4.78, 5) is 14.2. The lowest BCUT2D eigenvalue weighted by Gasteiger charge is -2.27. The molecule has 0 aromatic heterocycles. The molecule has 0 aliphatic carbocycles. The molecule has 0 aliphatic rings. The number of hydrogen-bond acceptors (Lipinski definition) is 2. The average Bonchev–Trinajstić information content (AvgIpc) is 2.43. The first kappa shape index (κ1) is 14.7. The summed E-state index contributed by atoms with van der Waals surface area (Å²) in [5, 5.41) is 0. The van der Waals surface area contributed by atoms with Crippen LogP contribution in [0.3, 0.4) is 0 Å². The molecule has 100 valence electrons. The van der Waals surface area contributed by atoms with Gasteiger partial charge in [0.05, 0.1) is 0 Å². The Kier molecular flexibility index (Phi) is 5.86. The topological polar surface area (TPSA) is 46.3 Å². The Labute approximate surface area is 110 Å². The van der Waals surface area contributed by atoms with Crippen molar-refractivity contribution >= 4 is 5.91 Å². The first-order valence-electron chi connectivity index (χ1n) is 6.69. The minimum Gasteiger partial charge on any atom is -0.341 e. The van der Waals surface area contributed by atoms with Crippen molar-refractivity contribution in [2.75, 3.05) is 13.1 Å². The minimum absolute atomic E-state index is 0.0176. The second-order valence-corrected chi connectivity index (χ2v) is 4.78. The lowest BCUT2D eigenvalue weighted by Crippen LogP contribution is -2.40. The summed E-state index contributed by atoms with van der Waals surface area (Å²) < 4.78 is 0. The van der Waals surface area contributed by atoms with Crippen molar-refractivity contribution < 1.29 is 4.79 Å². The quantitative estimate of drug-likeness (QED) is 0.841. The molecule has 0 radical (unpaired) electrons. The molecule has 0 bridgehead atoms. The third kappa shape index (κ3) is 3.84. The highest BCUT2D eigenvalue weighted by Gasteiger charge is 2.22. The van der Waals surface area contributed by atoms with E-state index in [1.54, 1.807) is 0 Å². The van der Waals surface area contributed by atoms with E-state index in [2.05, 4.69) is 13.8 Å². The van der Waals surface area contributed by atoms with Crippen molar-refractivity contribution in [3.05, 3.63) is 35.9 Å². The number of rotatable bonds is 6. The maximum Gasteiger partial charge on any atom is 0.244 e. The Hall–Kier alpha value is -1.35. The molecular weight excluding hydrogens is 224 g/mol. The SMILES string of the molecule is CCC(C)CN(CC)C(=O)[C@@H](N)c1ccccc1. The summed E-state index contributed by atoms with van der Waals surface area (Å²) in [6, 6.07) is 9.01. The fourth-order valence-electron chi connectivity index (χ4n) is 1.88. The number of benzene rings is 1. The number of amides is 1. The van der Waals surface area contributed by atoms with Crippen LogP contribution in [0.15, 0.2) is 30.3 Å². The van der Waals surface area contributed by atoms with Gasteiger partial charge in [0, 0.05) is 13.1 Å². The maximum atomic E-state index is 12.3. The van der Waals surface area contributed by atoms with Gasteiger partial charge >= 0.3 is 0 Å². The molecular formula is C15H24N2O. The normalized spacial score (nSPS) is 14.0. The van der Waals surface area contributed by atoms with Crippen LogP contribution in [0.25, 0.3) is 0 Å². The van der Waals surface area contributed by atoms with Gasteiger partial charge < -0.3 is 10.6 Å². The molecule has 0 saturated heterocycles. The van der Waals surface area contributed by atoms with Gasteiger partial charge in [-0.1, -0.05) is 50.6 Å². The minimum atomic E-state index is -0.546. The van der Waals surface area contributed by atoms with E-state index in [1.165, 1.54) is 0 Å². The molecule has 0 spiro atoms. The monoisotopic (exact) mass is 248 g/mol. The van der Waals surface area contributed by atoms with Crippen LogP contribution in [0.5, 0.6) is 0 Å². The van der Waals surface area contributed by atoms with Gasteiger partial charge in [-0.2, -0.15) is 0 Å². The molecule has 1 aromatic carbocycles. The molecule has 2 atom stereocenters. The van der Waals surface area contributed by atoms with E-state index in [4.69, 9.17) is 5.73 Å². The van der Waals surface area contributed by atoms with Crippen molar-refractivity contribution in [2.45, 2.75) is 33.2 Å². The van der Waals surface area contributed by atoms with Gasteiger partial charge in [0.25, 0.3) is 0 Å². The zero-order valence-electron chi connectivity index (χ0n) is 11.6. The van der Waals surface area contributed by atoms with Crippen molar-refractivity contribution in [2.24, 2.45) is 11.7 Å². The summed E-state index contributed by atoms with van der Waals surface area (Å²) in [7, 11) is 0. The van der Waals surface area contributed by atoms with E-state index in [-0.39, 0.29) is 5.91 Å². The molecule has 3 heteroatoms. The molecule has 18 heavy (non-hydrogen) atoms. The molecule has 1 rings (SSSR count). The lowest BCUT2D eigenvalue weighted by atomic mass is 10.0. The number of carbonyl (C=O) groups excluding carboxylic acids is 1. The predicted octanol–water partition coefficient (Wildman–Crippen LogP) is 2.58. The van der Waals surface area contributed by atoms with E-state index in [9.17, 15) is 4.79 Å². The summed E-state index contributed by atoms with van der Waals surface area (Å²) in [6.07, 6.45) is 1.07. The zero-order chi connectivity index (χ0) is 13.5. The molecule has 2 N–H and O–H groups in total. The smallest absolute Gasteiger partial charge is 0.244 e. The number of nitrogens with zero attached hydrogens (tertiary/aromatic N) is 1. The second-order valence-electron chi connectivity index (χ2n) is 4.78. The van der Waals surface area contributed by atoms with Crippen LogP contribution in [0.4, 0.5) is 0 Å². The third-order valence-corrected chi connectivity index (χ3v) is 3.35. The van der Waals surface area contributed by atoms with Crippen LogP contribution in [0, 0.1) is 5.92 Å². The van der Waals surface area contributed by atoms with E-state index >= 15 is 0 Å². The fourth-order valence-corrected chi connectivity index (χ4v) is 1.88. The lowest BCUT2D eigenvalue weighted by molar-refractivity contribution is -0.133. The Morgan fingerprint density at radius 1 is 1.28 bits per heavy atom. The van der Waals surface area contributed by atoms with E-state index < -0.39 is 6.04 Å². The van der Waals surface area contributed by atoms with Crippen LogP contribution >= 0.6 is 0 Å². The van der Waals surface area contributed by atoms with Gasteiger partial charge in [0.1, 0.15) is 6.04 Å². The summed E-state index contributed by atoms with van der Waals surface area (Å²) in [6.45, 7) is 7.79. The molecule has 0 fully saturated rings. The summed E-state index contributed by atoms with van der Waals surface area (Å²) in [5.41, 5.74) is 6.92. The average molecular weight is 248 g/mol. The largest absolute Gasteiger partial charge is 0.341 e. The second kappa shape index (κ2) is 7.17. The highest BCUT2D eigenvalue weighted by molar-refractivity contribution is 5.83. The van der Waals surface area contributed by atoms with E-state index in [0.29, 0.717) is 12.5 Å². The number of nitrogens with two attached hydrogens (primary N) is 1. The zero-order valence-corrected chi connectivity index (χ0v) is 11.6. The Bertz CT molecular complexity index is 364. The van der Waals surface area contributed by atoms with Crippen LogP contribution < -0.4 is 5.73 Å². The van der Waals surface area contributed by atoms with Crippen molar-refractivity contribution in [3.63, 3.8) is 0 Å². The first-order chi connectivity index (χ1) is 8.60. The molecule has 1 aromatic rings. The Morgan fingerprint density at radius 3 is 2.39 bits per heavy atom. The number of likely N-dealkylation sites (N-methyl/N-ethyl adjacent to an activating group) is 1. The molecule has 0 aliphatic heterocycles. The van der Waals surface area contributed by atoms with Crippen LogP contribution in [0.1, 0.15) is 38.8 Å². The van der Waals surface area contributed by atoms with Crippen LogP contribution in [-0.4, -0.2) is 23.9 Å². The maximum absolute atomic E-state index is 12.3. The van der Waals surface area contributed by atoms with Crippen molar-refractivity contribution in [1.82, 2.24) is 4.90 Å². The van der Waals surface area contributed by atoms with Gasteiger partial charge in [0.2, 0.25) is 5.91 Å². The third-order valence-electron chi connectivity index (χ3n) is 3.35. The van der Waals surface area contributed by atoms with Crippen LogP contribution in [-0.2, 0) is 4.79 Å². The van der Waals surface area contributed by atoms with Gasteiger partial charge in [-0.15, -0.1) is 0 Å². The van der Waals surface area contributed by atoms with Gasteiger partial charge in [-0.3, -0.25) is 4.79 Å². The van der Waals surface area contributed by atoms with Gasteiger partial charge in [-0.05, 0) is 18.4 Å². The van der Waals surface area contributed by atoms with Crippen molar-refractivity contribution in [3.8, 4) is 0 Å². The standard InChI is InChI=1S/C15H24N2O/c1-4-12(3)11-17(5-2)15(18)14(16)13-9-7-6-8-10-13/h6-10,12,14H,4-5,11,16H2,1-3H3/t12?,14-/m0/s1. The fraction of sp³-hybridized carbons (Fsp3) is 0.533. The summed E-state index contributed by atoms with van der Waals surface area (Å²) in [5.74, 6) is 0.529. The van der Waals surface area contributed by atoms with Crippen LogP contribution in [0.2, 0.25) is 0 Å². The Morgan fingerprint density at radius 2 is 1.89 bits per heavy atom. The highest BCUT2D eigenvalue weighted by atomic mass is 16.2. The molecule has 3 nitrogen and oxygen atoms in total. The highest BCUT2D eigenvalue weighted by Crippen LogP contribution is 2.14. The van der Waals surface area contributed by atoms with E-state index in [1.807, 2.05) is 42.2 Å².